The quantitative estimate of drug-likeness (QED) is 0.695. The van der Waals surface area contributed by atoms with Crippen molar-refractivity contribution in [2.24, 2.45) is 17.4 Å². The van der Waals surface area contributed by atoms with Crippen LogP contribution in [0, 0.1) is 5.92 Å². The van der Waals surface area contributed by atoms with Gasteiger partial charge in [-0.05, 0) is 52.4 Å². The Bertz CT molecular complexity index is 240. The molecule has 4 N–H and O–H groups in total. The standard InChI is InChI=1S/C12H24N2O2/c1-12(2,3)16-11(15)10(14)8-4-6-9(13)7-5-8/h8-10H,4-7,13-14H2,1-3H3/t8?,9?,10-/m1/s1. The van der Waals surface area contributed by atoms with Gasteiger partial charge in [-0.3, -0.25) is 4.79 Å². The largest absolute Gasteiger partial charge is 0.459 e. The van der Waals surface area contributed by atoms with Crippen LogP contribution in [-0.2, 0) is 9.53 Å². The highest BCUT2D eigenvalue weighted by atomic mass is 16.6. The van der Waals surface area contributed by atoms with Crippen LogP contribution >= 0.6 is 0 Å². The van der Waals surface area contributed by atoms with Gasteiger partial charge in [0, 0.05) is 6.04 Å². The second kappa shape index (κ2) is 5.15. The first kappa shape index (κ1) is 13.5. The minimum absolute atomic E-state index is 0.231. The van der Waals surface area contributed by atoms with E-state index < -0.39 is 11.6 Å². The molecule has 4 heteroatoms. The first-order valence-electron chi connectivity index (χ1n) is 6.03. The number of rotatable bonds is 2. The fraction of sp³-hybridized carbons (Fsp3) is 0.917. The third kappa shape index (κ3) is 4.10. The van der Waals surface area contributed by atoms with Crippen molar-refractivity contribution in [3.63, 3.8) is 0 Å². The predicted molar refractivity (Wildman–Crippen MR) is 63.8 cm³/mol. The van der Waals surface area contributed by atoms with Gasteiger partial charge in [-0.2, -0.15) is 0 Å². The van der Waals surface area contributed by atoms with E-state index >= 15 is 0 Å². The van der Waals surface area contributed by atoms with Crippen LogP contribution in [0.4, 0.5) is 0 Å². The molecule has 0 heterocycles. The number of hydrogen-bond acceptors (Lipinski definition) is 4. The summed E-state index contributed by atoms with van der Waals surface area (Å²) in [6.45, 7) is 5.57. The molecule has 0 aliphatic heterocycles. The van der Waals surface area contributed by atoms with Crippen molar-refractivity contribution in [1.82, 2.24) is 0 Å². The summed E-state index contributed by atoms with van der Waals surface area (Å²) in [7, 11) is 0. The van der Waals surface area contributed by atoms with Crippen molar-refractivity contribution in [3.05, 3.63) is 0 Å². The highest BCUT2D eigenvalue weighted by molar-refractivity contribution is 5.76. The van der Waals surface area contributed by atoms with E-state index in [-0.39, 0.29) is 17.9 Å². The Hall–Kier alpha value is -0.610. The molecule has 0 amide bonds. The van der Waals surface area contributed by atoms with E-state index in [9.17, 15) is 4.79 Å². The lowest BCUT2D eigenvalue weighted by molar-refractivity contribution is -0.158. The summed E-state index contributed by atoms with van der Waals surface area (Å²) in [6, 6.07) is -0.214. The minimum atomic E-state index is -0.494. The van der Waals surface area contributed by atoms with Crippen molar-refractivity contribution < 1.29 is 9.53 Å². The number of ether oxygens (including phenoxy) is 1. The van der Waals surface area contributed by atoms with Crippen LogP contribution in [0.25, 0.3) is 0 Å². The molecule has 0 saturated heterocycles. The van der Waals surface area contributed by atoms with Gasteiger partial charge in [0.2, 0.25) is 0 Å². The first-order valence-corrected chi connectivity index (χ1v) is 6.03. The Morgan fingerprint density at radius 3 is 2.19 bits per heavy atom. The molecule has 16 heavy (non-hydrogen) atoms. The third-order valence-corrected chi connectivity index (χ3v) is 3.00. The third-order valence-electron chi connectivity index (χ3n) is 3.00. The lowest BCUT2D eigenvalue weighted by Gasteiger charge is -2.31. The van der Waals surface area contributed by atoms with Gasteiger partial charge < -0.3 is 16.2 Å². The van der Waals surface area contributed by atoms with Crippen LogP contribution in [0.15, 0.2) is 0 Å². The maximum Gasteiger partial charge on any atom is 0.323 e. The molecule has 1 rings (SSSR count). The number of nitrogens with two attached hydrogens (primary N) is 2. The fourth-order valence-electron chi connectivity index (χ4n) is 2.07. The van der Waals surface area contributed by atoms with Gasteiger partial charge in [0.05, 0.1) is 0 Å². The average Bonchev–Trinajstić information content (AvgIpc) is 2.15. The molecule has 1 fully saturated rings. The zero-order chi connectivity index (χ0) is 12.3. The molecule has 0 bridgehead atoms. The van der Waals surface area contributed by atoms with Gasteiger partial charge in [-0.1, -0.05) is 0 Å². The van der Waals surface area contributed by atoms with E-state index in [1.807, 2.05) is 20.8 Å². The monoisotopic (exact) mass is 228 g/mol. The Kier molecular flexibility index (Phi) is 4.33. The highest BCUT2D eigenvalue weighted by Crippen LogP contribution is 2.26. The van der Waals surface area contributed by atoms with Gasteiger partial charge in [-0.15, -0.1) is 0 Å². The Balaban J connectivity index is 2.45. The summed E-state index contributed by atoms with van der Waals surface area (Å²) in [4.78, 5) is 11.8. The topological polar surface area (TPSA) is 78.3 Å². The second-order valence-corrected chi connectivity index (χ2v) is 5.73. The molecule has 1 saturated carbocycles. The van der Waals surface area contributed by atoms with Gasteiger partial charge in [-0.25, -0.2) is 0 Å². The van der Waals surface area contributed by atoms with Crippen LogP contribution in [0.1, 0.15) is 46.5 Å². The number of carbonyl (C=O) groups is 1. The maximum atomic E-state index is 11.8. The van der Waals surface area contributed by atoms with Crippen LogP contribution in [0.2, 0.25) is 0 Å². The molecule has 0 aromatic carbocycles. The molecule has 0 aromatic rings. The fourth-order valence-corrected chi connectivity index (χ4v) is 2.07. The minimum Gasteiger partial charge on any atom is -0.459 e. The van der Waals surface area contributed by atoms with Gasteiger partial charge in [0.15, 0.2) is 0 Å². The second-order valence-electron chi connectivity index (χ2n) is 5.73. The first-order chi connectivity index (χ1) is 7.29. The van der Waals surface area contributed by atoms with Crippen molar-refractivity contribution >= 4 is 5.97 Å². The van der Waals surface area contributed by atoms with E-state index in [0.29, 0.717) is 0 Å². The number of carbonyl (C=O) groups excluding carboxylic acids is 1. The zero-order valence-electron chi connectivity index (χ0n) is 10.5. The molecule has 4 nitrogen and oxygen atoms in total. The van der Waals surface area contributed by atoms with Crippen molar-refractivity contribution in [2.75, 3.05) is 0 Å². The van der Waals surface area contributed by atoms with Crippen molar-refractivity contribution in [2.45, 2.75) is 64.1 Å². The lowest BCUT2D eigenvalue weighted by Crippen LogP contribution is -2.44. The van der Waals surface area contributed by atoms with Gasteiger partial charge >= 0.3 is 5.97 Å². The summed E-state index contributed by atoms with van der Waals surface area (Å²) in [5, 5.41) is 0. The average molecular weight is 228 g/mol. The maximum absolute atomic E-state index is 11.8. The summed E-state index contributed by atoms with van der Waals surface area (Å²) >= 11 is 0. The van der Waals surface area contributed by atoms with E-state index in [4.69, 9.17) is 16.2 Å². The molecule has 0 aromatic heterocycles. The molecule has 1 aliphatic carbocycles. The molecular formula is C12H24N2O2. The molecule has 0 radical (unpaired) electrons. The van der Waals surface area contributed by atoms with E-state index in [2.05, 4.69) is 0 Å². The normalized spacial score (nSPS) is 28.6. The smallest absolute Gasteiger partial charge is 0.323 e. The Morgan fingerprint density at radius 2 is 1.75 bits per heavy atom. The zero-order valence-corrected chi connectivity index (χ0v) is 10.5. The van der Waals surface area contributed by atoms with Crippen LogP contribution < -0.4 is 11.5 Å². The van der Waals surface area contributed by atoms with Crippen molar-refractivity contribution in [1.29, 1.82) is 0 Å². The van der Waals surface area contributed by atoms with E-state index in [1.165, 1.54) is 0 Å². The van der Waals surface area contributed by atoms with Crippen molar-refractivity contribution in [3.8, 4) is 0 Å². The molecule has 0 unspecified atom stereocenters. The lowest BCUT2D eigenvalue weighted by atomic mass is 9.82. The summed E-state index contributed by atoms with van der Waals surface area (Å²) < 4.78 is 5.28. The van der Waals surface area contributed by atoms with Gasteiger partial charge in [0.25, 0.3) is 0 Å². The van der Waals surface area contributed by atoms with Crippen LogP contribution in [-0.4, -0.2) is 23.7 Å². The molecule has 1 atom stereocenters. The summed E-state index contributed by atoms with van der Waals surface area (Å²) in [5.74, 6) is -0.0531. The van der Waals surface area contributed by atoms with Crippen LogP contribution in [0.5, 0.6) is 0 Å². The Labute approximate surface area is 97.7 Å². The van der Waals surface area contributed by atoms with Gasteiger partial charge in [0.1, 0.15) is 11.6 Å². The summed E-state index contributed by atoms with van der Waals surface area (Å²) in [6.07, 6.45) is 3.78. The van der Waals surface area contributed by atoms with Crippen LogP contribution in [0.3, 0.4) is 0 Å². The van der Waals surface area contributed by atoms with E-state index in [1.54, 1.807) is 0 Å². The SMILES string of the molecule is CC(C)(C)OC(=O)[C@H](N)C1CCC(N)CC1. The highest BCUT2D eigenvalue weighted by Gasteiger charge is 2.31. The predicted octanol–water partition coefficient (Wildman–Crippen LogP) is 1.17. The van der Waals surface area contributed by atoms with E-state index in [0.717, 1.165) is 25.7 Å². The molecule has 94 valence electrons. The summed E-state index contributed by atoms with van der Waals surface area (Å²) in [5.41, 5.74) is 11.3. The molecular weight excluding hydrogens is 204 g/mol. The number of hydrogen-bond donors (Lipinski definition) is 2. The molecule has 1 aliphatic rings. The Morgan fingerprint density at radius 1 is 1.25 bits per heavy atom. The molecule has 0 spiro atoms. The number of esters is 1.